The van der Waals surface area contributed by atoms with Crippen LogP contribution in [0.15, 0.2) is 4.73 Å². The number of aromatic nitrogens is 2. The molecule has 1 fully saturated rings. The Hall–Kier alpha value is 0.0400. The average Bonchev–Trinajstić information content (AvgIpc) is 2.43. The van der Waals surface area contributed by atoms with E-state index in [0.29, 0.717) is 0 Å². The summed E-state index contributed by atoms with van der Waals surface area (Å²) in [4.78, 5) is 4.36. The van der Waals surface area contributed by atoms with Crippen molar-refractivity contribution in [1.29, 1.82) is 0 Å². The summed E-state index contributed by atoms with van der Waals surface area (Å²) in [5.74, 6) is 0.859. The Morgan fingerprint density at radius 1 is 1.21 bits per heavy atom. The van der Waals surface area contributed by atoms with Gasteiger partial charge in [-0.15, -0.1) is 0 Å². The molecule has 1 aromatic heterocycles. The predicted molar refractivity (Wildman–Crippen MR) is 62.5 cm³/mol. The van der Waals surface area contributed by atoms with Crippen LogP contribution in [0.5, 0.6) is 0 Å². The summed E-state index contributed by atoms with van der Waals surface area (Å²) in [5.41, 5.74) is 0. The van der Waals surface area contributed by atoms with E-state index in [2.05, 4.69) is 25.3 Å². The minimum absolute atomic E-state index is 0.756. The second kappa shape index (κ2) is 5.21. The zero-order valence-electron chi connectivity index (χ0n) is 8.21. The Balaban J connectivity index is 1.89. The van der Waals surface area contributed by atoms with Crippen LogP contribution in [0.25, 0.3) is 0 Å². The number of nitrogens with zero attached hydrogens (tertiary/aromatic N) is 2. The molecule has 1 aliphatic rings. The third-order valence-corrected chi connectivity index (χ3v) is 4.20. The first-order chi connectivity index (χ1) is 6.84. The molecule has 0 radical (unpaired) electrons. The second-order valence-electron chi connectivity index (χ2n) is 4.02. The highest BCUT2D eigenvalue weighted by molar-refractivity contribution is 9.10. The third kappa shape index (κ3) is 3.02. The van der Waals surface area contributed by atoms with Crippen molar-refractivity contribution in [2.24, 2.45) is 5.92 Å². The van der Waals surface area contributed by atoms with Crippen molar-refractivity contribution < 1.29 is 0 Å². The molecular formula is C10H15BrN2S. The van der Waals surface area contributed by atoms with Crippen LogP contribution in [0.1, 0.15) is 43.5 Å². The van der Waals surface area contributed by atoms with Crippen LogP contribution in [-0.2, 0) is 6.42 Å². The van der Waals surface area contributed by atoms with Crippen LogP contribution < -0.4 is 0 Å². The van der Waals surface area contributed by atoms with Crippen molar-refractivity contribution in [2.45, 2.75) is 44.9 Å². The number of halogens is 1. The first-order valence-electron chi connectivity index (χ1n) is 5.32. The molecule has 1 heterocycles. The Morgan fingerprint density at radius 2 is 1.93 bits per heavy atom. The molecule has 2 rings (SSSR count). The predicted octanol–water partition coefficient (Wildman–Crippen LogP) is 3.81. The number of rotatable bonds is 2. The third-order valence-electron chi connectivity index (χ3n) is 2.88. The normalized spacial score (nSPS) is 19.5. The van der Waals surface area contributed by atoms with Gasteiger partial charge in [-0.2, -0.15) is 4.37 Å². The number of hydrogen-bond acceptors (Lipinski definition) is 3. The van der Waals surface area contributed by atoms with E-state index in [1.807, 2.05) is 0 Å². The van der Waals surface area contributed by atoms with E-state index in [-0.39, 0.29) is 0 Å². The molecule has 4 heteroatoms. The molecule has 1 saturated carbocycles. The van der Waals surface area contributed by atoms with Crippen molar-refractivity contribution in [3.8, 4) is 0 Å². The van der Waals surface area contributed by atoms with Gasteiger partial charge in [-0.1, -0.05) is 38.5 Å². The van der Waals surface area contributed by atoms with Crippen LogP contribution >= 0.6 is 27.5 Å². The summed E-state index contributed by atoms with van der Waals surface area (Å²) in [6, 6.07) is 0. The van der Waals surface area contributed by atoms with Gasteiger partial charge in [0.05, 0.1) is 0 Å². The van der Waals surface area contributed by atoms with Crippen molar-refractivity contribution in [3.63, 3.8) is 0 Å². The van der Waals surface area contributed by atoms with Crippen LogP contribution in [0.2, 0.25) is 0 Å². The summed E-state index contributed by atoms with van der Waals surface area (Å²) in [6.07, 6.45) is 9.58. The summed E-state index contributed by atoms with van der Waals surface area (Å²) in [6.45, 7) is 0. The summed E-state index contributed by atoms with van der Waals surface area (Å²) in [5, 5.41) is 1.20. The van der Waals surface area contributed by atoms with Gasteiger partial charge in [0, 0.05) is 6.42 Å². The lowest BCUT2D eigenvalue weighted by Gasteiger charge is -2.10. The number of hydrogen-bond donors (Lipinski definition) is 0. The van der Waals surface area contributed by atoms with E-state index in [9.17, 15) is 0 Å². The Kier molecular flexibility index (Phi) is 3.93. The van der Waals surface area contributed by atoms with E-state index in [1.165, 1.54) is 43.5 Å². The van der Waals surface area contributed by atoms with Crippen molar-refractivity contribution in [3.05, 3.63) is 9.74 Å². The fourth-order valence-electron chi connectivity index (χ4n) is 2.13. The molecule has 14 heavy (non-hydrogen) atoms. The molecule has 78 valence electrons. The Bertz CT molecular complexity index is 279. The van der Waals surface area contributed by atoms with E-state index in [4.69, 9.17) is 0 Å². The topological polar surface area (TPSA) is 25.8 Å². The Labute approximate surface area is 97.4 Å². The van der Waals surface area contributed by atoms with Gasteiger partial charge in [0.1, 0.15) is 5.01 Å². The lowest BCUT2D eigenvalue weighted by atomic mass is 9.97. The van der Waals surface area contributed by atoms with E-state index < -0.39 is 0 Å². The fourth-order valence-corrected chi connectivity index (χ4v) is 3.34. The average molecular weight is 275 g/mol. The maximum atomic E-state index is 4.36. The quantitative estimate of drug-likeness (QED) is 0.767. The molecule has 0 aliphatic heterocycles. The first kappa shape index (κ1) is 10.6. The van der Waals surface area contributed by atoms with Gasteiger partial charge in [-0.3, -0.25) is 0 Å². The molecule has 1 aromatic rings. The minimum atomic E-state index is 0.756. The molecule has 2 nitrogen and oxygen atoms in total. The summed E-state index contributed by atoms with van der Waals surface area (Å²) in [7, 11) is 0. The summed E-state index contributed by atoms with van der Waals surface area (Å²) >= 11 is 4.84. The van der Waals surface area contributed by atoms with Crippen molar-refractivity contribution in [1.82, 2.24) is 9.36 Å². The van der Waals surface area contributed by atoms with Gasteiger partial charge in [-0.25, -0.2) is 4.98 Å². The standard InChI is InChI=1S/C10H15BrN2S/c11-10-12-9(14-13-10)7-8-5-3-1-2-4-6-8/h8H,1-7H2. The smallest absolute Gasteiger partial charge is 0.209 e. The highest BCUT2D eigenvalue weighted by Gasteiger charge is 2.14. The molecule has 1 aliphatic carbocycles. The van der Waals surface area contributed by atoms with Gasteiger partial charge >= 0.3 is 0 Å². The molecule has 0 aromatic carbocycles. The molecular weight excluding hydrogens is 260 g/mol. The molecule has 0 atom stereocenters. The van der Waals surface area contributed by atoms with Gasteiger partial charge in [0.15, 0.2) is 0 Å². The summed E-state index contributed by atoms with van der Waals surface area (Å²) < 4.78 is 4.91. The SMILES string of the molecule is Brc1nsc(CC2CCCCCC2)n1. The Morgan fingerprint density at radius 3 is 2.50 bits per heavy atom. The van der Waals surface area contributed by atoms with Gasteiger partial charge in [-0.05, 0) is 33.4 Å². The molecule has 0 spiro atoms. The monoisotopic (exact) mass is 274 g/mol. The zero-order chi connectivity index (χ0) is 9.80. The molecule has 0 saturated heterocycles. The van der Waals surface area contributed by atoms with Gasteiger partial charge in [0.2, 0.25) is 4.73 Å². The highest BCUT2D eigenvalue weighted by atomic mass is 79.9. The molecule has 0 unspecified atom stereocenters. The van der Waals surface area contributed by atoms with E-state index in [0.717, 1.165) is 17.1 Å². The van der Waals surface area contributed by atoms with Gasteiger partial charge < -0.3 is 0 Å². The van der Waals surface area contributed by atoms with Crippen LogP contribution in [0.4, 0.5) is 0 Å². The second-order valence-corrected chi connectivity index (χ2v) is 5.56. The molecule has 0 N–H and O–H groups in total. The van der Waals surface area contributed by atoms with Crippen LogP contribution in [0, 0.1) is 5.92 Å². The van der Waals surface area contributed by atoms with E-state index in [1.54, 1.807) is 11.5 Å². The largest absolute Gasteiger partial charge is 0.214 e. The maximum absolute atomic E-state index is 4.36. The van der Waals surface area contributed by atoms with Crippen molar-refractivity contribution >= 4 is 27.5 Å². The lowest BCUT2D eigenvalue weighted by molar-refractivity contribution is 0.457. The van der Waals surface area contributed by atoms with Gasteiger partial charge in [0.25, 0.3) is 0 Å². The molecule has 0 bridgehead atoms. The van der Waals surface area contributed by atoms with E-state index >= 15 is 0 Å². The molecule has 0 amide bonds. The zero-order valence-corrected chi connectivity index (χ0v) is 10.6. The highest BCUT2D eigenvalue weighted by Crippen LogP contribution is 2.26. The first-order valence-corrected chi connectivity index (χ1v) is 6.89. The fraction of sp³-hybridized carbons (Fsp3) is 0.800. The minimum Gasteiger partial charge on any atom is -0.214 e. The maximum Gasteiger partial charge on any atom is 0.209 e. The lowest BCUT2D eigenvalue weighted by Crippen LogP contribution is -2.02. The van der Waals surface area contributed by atoms with Crippen molar-refractivity contribution in [2.75, 3.05) is 0 Å². The van der Waals surface area contributed by atoms with Crippen LogP contribution in [-0.4, -0.2) is 9.36 Å². The van der Waals surface area contributed by atoms with Crippen LogP contribution in [0.3, 0.4) is 0 Å².